The molecule has 6 nitrogen and oxygen atoms in total. The van der Waals surface area contributed by atoms with Crippen LogP contribution in [-0.2, 0) is 13.0 Å². The number of hydrogen-bond acceptors (Lipinski definition) is 6. The molecule has 0 unspecified atom stereocenters. The van der Waals surface area contributed by atoms with Gasteiger partial charge in [-0.05, 0) is 0 Å². The number of thiazole rings is 1. The lowest BCUT2D eigenvalue weighted by molar-refractivity contribution is 0.401. The molecule has 3 heterocycles. The van der Waals surface area contributed by atoms with Crippen molar-refractivity contribution >= 4 is 34.1 Å². The first-order valence-electron chi connectivity index (χ1n) is 6.00. The second-order valence-corrected chi connectivity index (χ2v) is 5.18. The molecule has 20 heavy (non-hydrogen) atoms. The van der Waals surface area contributed by atoms with Crippen LogP contribution >= 0.6 is 22.9 Å². The van der Waals surface area contributed by atoms with E-state index in [1.807, 2.05) is 15.5 Å². The molecule has 0 bridgehead atoms. The zero-order valence-electron chi connectivity index (χ0n) is 10.8. The minimum absolute atomic E-state index is 0.475. The Balaban J connectivity index is 2.13. The van der Waals surface area contributed by atoms with Crippen molar-refractivity contribution in [3.8, 4) is 5.88 Å². The van der Waals surface area contributed by atoms with Gasteiger partial charge in [-0.2, -0.15) is 4.98 Å². The van der Waals surface area contributed by atoms with Gasteiger partial charge in [-0.15, -0.1) is 22.9 Å². The molecule has 8 heteroatoms. The Morgan fingerprint density at radius 1 is 1.35 bits per heavy atom. The number of imidazole rings is 1. The van der Waals surface area contributed by atoms with Crippen LogP contribution in [0.2, 0.25) is 0 Å². The van der Waals surface area contributed by atoms with Crippen molar-refractivity contribution in [2.45, 2.75) is 13.0 Å². The highest BCUT2D eigenvalue weighted by molar-refractivity contribution is 7.07. The number of nitrogens with zero attached hydrogens (tertiary/aromatic N) is 5. The summed E-state index contributed by atoms with van der Waals surface area (Å²) in [5, 5.41) is 2.01. The maximum Gasteiger partial charge on any atom is 0.245 e. The molecule has 0 fully saturated rings. The van der Waals surface area contributed by atoms with Gasteiger partial charge < -0.3 is 9.30 Å². The molecular weight excluding hydrogens is 298 g/mol. The molecule has 0 N–H and O–H groups in total. The molecule has 3 aromatic heterocycles. The smallest absolute Gasteiger partial charge is 0.245 e. The average molecular weight is 310 g/mol. The Morgan fingerprint density at radius 3 is 2.95 bits per heavy atom. The molecule has 0 saturated carbocycles. The standard InChI is InChI=1S/C12H12ClN5OS/c1-19-12-10-11(14-6-15-12)18(9(17-10)2-3-13)4-8-5-20-7-16-8/h5-7H,2-4H2,1H3. The molecule has 3 aromatic rings. The number of halogens is 1. The van der Waals surface area contributed by atoms with Crippen LogP contribution in [0.15, 0.2) is 17.2 Å². The number of fused-ring (bicyclic) bond motifs is 1. The van der Waals surface area contributed by atoms with Gasteiger partial charge in [0, 0.05) is 17.7 Å². The fraction of sp³-hybridized carbons (Fsp3) is 0.333. The van der Waals surface area contributed by atoms with Crippen LogP contribution in [0.25, 0.3) is 11.2 Å². The van der Waals surface area contributed by atoms with Gasteiger partial charge in [0.25, 0.3) is 0 Å². The molecule has 0 aromatic carbocycles. The molecule has 0 aliphatic heterocycles. The molecule has 0 aliphatic carbocycles. The minimum Gasteiger partial charge on any atom is -0.479 e. The van der Waals surface area contributed by atoms with Crippen LogP contribution in [0, 0.1) is 0 Å². The van der Waals surface area contributed by atoms with E-state index in [-0.39, 0.29) is 0 Å². The summed E-state index contributed by atoms with van der Waals surface area (Å²) >= 11 is 7.42. The van der Waals surface area contributed by atoms with Crippen molar-refractivity contribution in [2.24, 2.45) is 0 Å². The molecule has 0 saturated heterocycles. The number of rotatable bonds is 5. The van der Waals surface area contributed by atoms with Crippen molar-refractivity contribution < 1.29 is 4.74 Å². The van der Waals surface area contributed by atoms with Crippen LogP contribution in [0.3, 0.4) is 0 Å². The van der Waals surface area contributed by atoms with Gasteiger partial charge in [-0.25, -0.2) is 15.0 Å². The van der Waals surface area contributed by atoms with Gasteiger partial charge in [-0.1, -0.05) is 0 Å². The zero-order chi connectivity index (χ0) is 13.9. The Morgan fingerprint density at radius 2 is 2.25 bits per heavy atom. The molecule has 104 valence electrons. The van der Waals surface area contributed by atoms with Crippen LogP contribution in [0.1, 0.15) is 11.5 Å². The minimum atomic E-state index is 0.475. The Bertz CT molecular complexity index is 712. The summed E-state index contributed by atoms with van der Waals surface area (Å²) in [7, 11) is 1.57. The van der Waals surface area contributed by atoms with E-state index in [2.05, 4.69) is 19.9 Å². The fourth-order valence-corrected chi connectivity index (χ4v) is 2.75. The highest BCUT2D eigenvalue weighted by atomic mass is 35.5. The third kappa shape index (κ3) is 2.34. The highest BCUT2D eigenvalue weighted by Crippen LogP contribution is 2.23. The van der Waals surface area contributed by atoms with Gasteiger partial charge in [0.15, 0.2) is 11.2 Å². The normalized spacial score (nSPS) is 11.1. The number of ether oxygens (including phenoxy) is 1. The summed E-state index contributed by atoms with van der Waals surface area (Å²) in [6, 6.07) is 0. The summed E-state index contributed by atoms with van der Waals surface area (Å²) in [4.78, 5) is 17.3. The topological polar surface area (TPSA) is 65.7 Å². The molecule has 0 radical (unpaired) electrons. The molecule has 3 rings (SSSR count). The van der Waals surface area contributed by atoms with Gasteiger partial charge in [-0.3, -0.25) is 0 Å². The lowest BCUT2D eigenvalue weighted by Gasteiger charge is -2.05. The summed E-state index contributed by atoms with van der Waals surface area (Å²) in [6.45, 7) is 0.617. The third-order valence-corrected chi connectivity index (χ3v) is 3.72. The van der Waals surface area contributed by atoms with Crippen LogP contribution in [-0.4, -0.2) is 37.5 Å². The third-order valence-electron chi connectivity index (χ3n) is 2.89. The number of aryl methyl sites for hydroxylation is 1. The lowest BCUT2D eigenvalue weighted by Crippen LogP contribution is -2.07. The summed E-state index contributed by atoms with van der Waals surface area (Å²) in [5.74, 6) is 1.83. The maximum absolute atomic E-state index is 5.86. The molecular formula is C12H12ClN5OS. The zero-order valence-corrected chi connectivity index (χ0v) is 12.4. The molecule has 0 aliphatic rings. The van der Waals surface area contributed by atoms with E-state index >= 15 is 0 Å². The highest BCUT2D eigenvalue weighted by Gasteiger charge is 2.16. The Kier molecular flexibility index (Phi) is 3.79. The first-order valence-corrected chi connectivity index (χ1v) is 7.48. The Labute approximate surface area is 124 Å². The van der Waals surface area contributed by atoms with E-state index in [1.165, 1.54) is 6.33 Å². The summed E-state index contributed by atoms with van der Waals surface area (Å²) in [6.07, 6.45) is 2.13. The van der Waals surface area contributed by atoms with Crippen molar-refractivity contribution in [3.63, 3.8) is 0 Å². The van der Waals surface area contributed by atoms with Crippen molar-refractivity contribution in [1.82, 2.24) is 24.5 Å². The van der Waals surface area contributed by atoms with Gasteiger partial charge in [0.2, 0.25) is 5.88 Å². The second-order valence-electron chi connectivity index (χ2n) is 4.09. The quantitative estimate of drug-likeness (QED) is 0.675. The van der Waals surface area contributed by atoms with E-state index in [4.69, 9.17) is 16.3 Å². The molecule has 0 atom stereocenters. The Hall–Kier alpha value is -1.73. The summed E-state index contributed by atoms with van der Waals surface area (Å²) < 4.78 is 7.25. The number of aromatic nitrogens is 5. The number of hydrogen-bond donors (Lipinski definition) is 0. The van der Waals surface area contributed by atoms with E-state index in [9.17, 15) is 0 Å². The lowest BCUT2D eigenvalue weighted by atomic mass is 10.4. The average Bonchev–Trinajstić information content (AvgIpc) is 3.08. The van der Waals surface area contributed by atoms with Crippen LogP contribution in [0.4, 0.5) is 0 Å². The predicted octanol–water partition coefficient (Wildman–Crippen LogP) is 2.12. The van der Waals surface area contributed by atoms with Gasteiger partial charge >= 0.3 is 0 Å². The number of methoxy groups -OCH3 is 1. The van der Waals surface area contributed by atoms with E-state index in [0.29, 0.717) is 30.2 Å². The van der Waals surface area contributed by atoms with E-state index in [1.54, 1.807) is 18.4 Å². The first-order chi connectivity index (χ1) is 9.83. The van der Waals surface area contributed by atoms with Gasteiger partial charge in [0.1, 0.15) is 12.2 Å². The van der Waals surface area contributed by atoms with Crippen LogP contribution in [0.5, 0.6) is 5.88 Å². The van der Waals surface area contributed by atoms with E-state index < -0.39 is 0 Å². The van der Waals surface area contributed by atoms with Gasteiger partial charge in [0.05, 0.1) is 24.9 Å². The van der Waals surface area contributed by atoms with E-state index in [0.717, 1.165) is 17.2 Å². The maximum atomic E-state index is 5.86. The predicted molar refractivity (Wildman–Crippen MR) is 77.5 cm³/mol. The SMILES string of the molecule is COc1ncnc2c1nc(CCCl)n2Cc1cscn1. The fourth-order valence-electron chi connectivity index (χ4n) is 2.03. The molecule has 0 amide bonds. The van der Waals surface area contributed by atoms with Crippen molar-refractivity contribution in [2.75, 3.05) is 13.0 Å². The molecule has 0 spiro atoms. The van der Waals surface area contributed by atoms with Crippen molar-refractivity contribution in [1.29, 1.82) is 0 Å². The number of alkyl halides is 1. The largest absolute Gasteiger partial charge is 0.479 e. The summed E-state index contributed by atoms with van der Waals surface area (Å²) in [5.41, 5.74) is 4.18. The second kappa shape index (κ2) is 5.72. The van der Waals surface area contributed by atoms with Crippen molar-refractivity contribution in [3.05, 3.63) is 28.7 Å². The monoisotopic (exact) mass is 309 g/mol. The van der Waals surface area contributed by atoms with Crippen LogP contribution < -0.4 is 4.74 Å². The first kappa shape index (κ1) is 13.3.